The zero-order chi connectivity index (χ0) is 16.2. The van der Waals surface area contributed by atoms with Gasteiger partial charge in [0.05, 0.1) is 6.10 Å². The summed E-state index contributed by atoms with van der Waals surface area (Å²) >= 11 is 0. The predicted octanol–water partition coefficient (Wildman–Crippen LogP) is 2.96. The maximum Gasteiger partial charge on any atom is 0.272 e. The fourth-order valence-corrected chi connectivity index (χ4v) is 2.90. The molecule has 0 spiro atoms. The normalized spacial score (nSPS) is 21.0. The number of hydrogen-bond donors (Lipinski definition) is 2. The molecule has 1 aliphatic rings. The summed E-state index contributed by atoms with van der Waals surface area (Å²) in [5.74, 6) is 0.571. The highest BCUT2D eigenvalue weighted by Gasteiger charge is 2.24. The molecule has 5 nitrogen and oxygen atoms in total. The molecule has 2 unspecified atom stereocenters. The van der Waals surface area contributed by atoms with Crippen molar-refractivity contribution in [3.05, 3.63) is 48.3 Å². The van der Waals surface area contributed by atoms with Crippen molar-refractivity contribution in [2.75, 3.05) is 5.32 Å². The van der Waals surface area contributed by atoms with Crippen LogP contribution in [0, 0.1) is 0 Å². The van der Waals surface area contributed by atoms with E-state index in [1.807, 2.05) is 43.6 Å². The molecule has 1 aliphatic carbocycles. The molecule has 1 amide bonds. The van der Waals surface area contributed by atoms with Gasteiger partial charge >= 0.3 is 0 Å². The minimum Gasteiger partial charge on any atom is -0.488 e. The molecule has 0 bridgehead atoms. The lowest BCUT2D eigenvalue weighted by Crippen LogP contribution is -2.34. The molecule has 3 rings (SSSR count). The van der Waals surface area contributed by atoms with Crippen LogP contribution in [0.5, 0.6) is 5.75 Å². The lowest BCUT2D eigenvalue weighted by Gasteiger charge is -2.28. The first-order chi connectivity index (χ1) is 11.1. The molecule has 0 aliphatic heterocycles. The molecular weight excluding hydrogens is 292 g/mol. The van der Waals surface area contributed by atoms with E-state index < -0.39 is 0 Å². The standard InChI is InChI=1S/C18H22N2O3/c1-20-12-4-5-15(20)18(22)19-13-8-10-14(11-9-13)23-17-7-3-2-6-16(17)21/h4-5,8-12,16-17,21H,2-3,6-7H2,1H3,(H,19,22). The monoisotopic (exact) mass is 314 g/mol. The van der Waals surface area contributed by atoms with Gasteiger partial charge in [-0.1, -0.05) is 6.42 Å². The Morgan fingerprint density at radius 1 is 1.22 bits per heavy atom. The third-order valence-corrected chi connectivity index (χ3v) is 4.24. The molecule has 1 aromatic heterocycles. The molecule has 2 atom stereocenters. The van der Waals surface area contributed by atoms with Crippen LogP contribution in [0.1, 0.15) is 36.2 Å². The fraction of sp³-hybridized carbons (Fsp3) is 0.389. The summed E-state index contributed by atoms with van der Waals surface area (Å²) in [5.41, 5.74) is 1.32. The molecule has 1 fully saturated rings. The van der Waals surface area contributed by atoms with Gasteiger partial charge in [0, 0.05) is 18.9 Å². The minimum absolute atomic E-state index is 0.132. The summed E-state index contributed by atoms with van der Waals surface area (Å²) in [5, 5.41) is 12.8. The third kappa shape index (κ3) is 3.74. The van der Waals surface area contributed by atoms with Crippen LogP contribution in [-0.4, -0.2) is 27.8 Å². The number of carbonyl (C=O) groups excluding carboxylic acids is 1. The fourth-order valence-electron chi connectivity index (χ4n) is 2.90. The molecule has 1 heterocycles. The molecule has 122 valence electrons. The van der Waals surface area contributed by atoms with Crippen molar-refractivity contribution in [1.82, 2.24) is 4.57 Å². The SMILES string of the molecule is Cn1cccc1C(=O)Nc1ccc(OC2CCCCC2O)cc1. The Bertz CT molecular complexity index is 663. The van der Waals surface area contributed by atoms with Crippen molar-refractivity contribution < 1.29 is 14.6 Å². The highest BCUT2D eigenvalue weighted by Crippen LogP contribution is 2.25. The van der Waals surface area contributed by atoms with Gasteiger partial charge in [-0.15, -0.1) is 0 Å². The van der Waals surface area contributed by atoms with Crippen molar-refractivity contribution in [2.45, 2.75) is 37.9 Å². The third-order valence-electron chi connectivity index (χ3n) is 4.24. The van der Waals surface area contributed by atoms with Crippen molar-refractivity contribution in [3.8, 4) is 5.75 Å². The average molecular weight is 314 g/mol. The van der Waals surface area contributed by atoms with E-state index in [0.717, 1.165) is 25.7 Å². The summed E-state index contributed by atoms with van der Waals surface area (Å²) in [7, 11) is 1.83. The molecule has 5 heteroatoms. The Balaban J connectivity index is 1.61. The zero-order valence-corrected chi connectivity index (χ0v) is 13.2. The van der Waals surface area contributed by atoms with Gasteiger partial charge in [0.25, 0.3) is 5.91 Å². The number of amides is 1. The maximum absolute atomic E-state index is 12.1. The average Bonchev–Trinajstić information content (AvgIpc) is 2.98. The number of aryl methyl sites for hydroxylation is 1. The number of aliphatic hydroxyl groups excluding tert-OH is 1. The molecule has 1 aromatic carbocycles. The van der Waals surface area contributed by atoms with E-state index in [-0.39, 0.29) is 18.1 Å². The van der Waals surface area contributed by atoms with E-state index in [0.29, 0.717) is 17.1 Å². The Morgan fingerprint density at radius 2 is 1.96 bits per heavy atom. The Kier molecular flexibility index (Phi) is 4.67. The minimum atomic E-state index is -0.388. The molecule has 2 aromatic rings. The highest BCUT2D eigenvalue weighted by atomic mass is 16.5. The number of rotatable bonds is 4. The van der Waals surface area contributed by atoms with Crippen molar-refractivity contribution in [3.63, 3.8) is 0 Å². The van der Waals surface area contributed by atoms with E-state index in [4.69, 9.17) is 4.74 Å². The molecule has 0 saturated heterocycles. The van der Waals surface area contributed by atoms with Crippen LogP contribution >= 0.6 is 0 Å². The van der Waals surface area contributed by atoms with Crippen molar-refractivity contribution >= 4 is 11.6 Å². The number of anilines is 1. The molecular formula is C18H22N2O3. The Morgan fingerprint density at radius 3 is 2.61 bits per heavy atom. The Labute approximate surface area is 135 Å². The molecule has 23 heavy (non-hydrogen) atoms. The van der Waals surface area contributed by atoms with E-state index >= 15 is 0 Å². The lowest BCUT2D eigenvalue weighted by atomic mass is 9.95. The maximum atomic E-state index is 12.1. The summed E-state index contributed by atoms with van der Waals surface area (Å²) in [6.07, 6.45) is 5.15. The number of ether oxygens (including phenoxy) is 1. The van der Waals surface area contributed by atoms with Gasteiger partial charge in [-0.3, -0.25) is 4.79 Å². The van der Waals surface area contributed by atoms with Gasteiger partial charge in [0.15, 0.2) is 0 Å². The first-order valence-corrected chi connectivity index (χ1v) is 8.01. The van der Waals surface area contributed by atoms with Crippen LogP contribution in [0.3, 0.4) is 0 Å². The van der Waals surface area contributed by atoms with E-state index in [2.05, 4.69) is 5.32 Å². The molecule has 2 N–H and O–H groups in total. The number of aromatic nitrogens is 1. The predicted molar refractivity (Wildman–Crippen MR) is 88.7 cm³/mol. The number of nitrogens with one attached hydrogen (secondary N) is 1. The van der Waals surface area contributed by atoms with Gasteiger partial charge in [-0.2, -0.15) is 0 Å². The van der Waals surface area contributed by atoms with Crippen molar-refractivity contribution in [1.29, 1.82) is 0 Å². The molecule has 0 radical (unpaired) electrons. The lowest BCUT2D eigenvalue weighted by molar-refractivity contribution is 0.00688. The number of hydrogen-bond acceptors (Lipinski definition) is 3. The summed E-state index contributed by atoms with van der Waals surface area (Å²) in [6, 6.07) is 10.9. The second kappa shape index (κ2) is 6.87. The summed E-state index contributed by atoms with van der Waals surface area (Å²) in [4.78, 5) is 12.1. The summed E-state index contributed by atoms with van der Waals surface area (Å²) in [6.45, 7) is 0. The number of aliphatic hydroxyl groups is 1. The first kappa shape index (κ1) is 15.6. The van der Waals surface area contributed by atoms with Crippen LogP contribution in [0.4, 0.5) is 5.69 Å². The van der Waals surface area contributed by atoms with Crippen LogP contribution in [0.25, 0.3) is 0 Å². The van der Waals surface area contributed by atoms with Gasteiger partial charge in [0.1, 0.15) is 17.5 Å². The smallest absolute Gasteiger partial charge is 0.272 e. The second-order valence-corrected chi connectivity index (χ2v) is 5.99. The van der Waals surface area contributed by atoms with Crippen LogP contribution < -0.4 is 10.1 Å². The van der Waals surface area contributed by atoms with Gasteiger partial charge in [-0.25, -0.2) is 0 Å². The van der Waals surface area contributed by atoms with Crippen LogP contribution in [-0.2, 0) is 7.05 Å². The van der Waals surface area contributed by atoms with Crippen LogP contribution in [0.2, 0.25) is 0 Å². The quantitative estimate of drug-likeness (QED) is 0.912. The first-order valence-electron chi connectivity index (χ1n) is 8.01. The van der Waals surface area contributed by atoms with Crippen molar-refractivity contribution in [2.24, 2.45) is 7.05 Å². The van der Waals surface area contributed by atoms with Crippen LogP contribution in [0.15, 0.2) is 42.6 Å². The van der Waals surface area contributed by atoms with Gasteiger partial charge in [-0.05, 0) is 55.7 Å². The second-order valence-electron chi connectivity index (χ2n) is 5.99. The number of benzene rings is 1. The molecule has 1 saturated carbocycles. The number of carbonyl (C=O) groups is 1. The van der Waals surface area contributed by atoms with Gasteiger partial charge in [0.2, 0.25) is 0 Å². The summed E-state index contributed by atoms with van der Waals surface area (Å²) < 4.78 is 7.63. The Hall–Kier alpha value is -2.27. The van der Waals surface area contributed by atoms with E-state index in [1.54, 1.807) is 10.6 Å². The van der Waals surface area contributed by atoms with E-state index in [9.17, 15) is 9.90 Å². The number of nitrogens with zero attached hydrogens (tertiary/aromatic N) is 1. The van der Waals surface area contributed by atoms with E-state index in [1.165, 1.54) is 0 Å². The van der Waals surface area contributed by atoms with Gasteiger partial charge < -0.3 is 19.7 Å². The zero-order valence-electron chi connectivity index (χ0n) is 13.2. The largest absolute Gasteiger partial charge is 0.488 e. The highest BCUT2D eigenvalue weighted by molar-refractivity contribution is 6.03. The topological polar surface area (TPSA) is 63.5 Å².